The number of amides is 1. The maximum absolute atomic E-state index is 13.1. The molecule has 0 aromatic heterocycles. The summed E-state index contributed by atoms with van der Waals surface area (Å²) in [7, 11) is 0. The molecule has 2 aromatic rings. The van der Waals surface area contributed by atoms with Crippen molar-refractivity contribution in [3.05, 3.63) is 65.2 Å². The second-order valence-corrected chi connectivity index (χ2v) is 9.23. The molecule has 1 amide bonds. The van der Waals surface area contributed by atoms with Gasteiger partial charge in [0, 0.05) is 29.9 Å². The molecule has 0 spiro atoms. The largest absolute Gasteiger partial charge is 0.416 e. The number of alkyl halides is 3. The van der Waals surface area contributed by atoms with Crippen LogP contribution in [0.2, 0.25) is 0 Å². The van der Waals surface area contributed by atoms with Crippen molar-refractivity contribution in [3.8, 4) is 0 Å². The molecule has 7 heteroatoms. The van der Waals surface area contributed by atoms with Gasteiger partial charge in [-0.05, 0) is 55.0 Å². The lowest BCUT2D eigenvalue weighted by Crippen LogP contribution is -2.28. The lowest BCUT2D eigenvalue weighted by atomic mass is 9.93. The minimum Gasteiger partial charge on any atom is -0.381 e. The van der Waals surface area contributed by atoms with Gasteiger partial charge < -0.3 is 10.1 Å². The first kappa shape index (κ1) is 21.2. The molecule has 4 rings (SSSR count). The summed E-state index contributed by atoms with van der Waals surface area (Å²) in [5.41, 5.74) is 0.650. The molecule has 0 radical (unpaired) electrons. The van der Waals surface area contributed by atoms with Gasteiger partial charge >= 0.3 is 6.18 Å². The fraction of sp³-hybridized carbons (Fsp3) is 0.435. The van der Waals surface area contributed by atoms with E-state index >= 15 is 0 Å². The number of rotatable bonds is 6. The van der Waals surface area contributed by atoms with Crippen LogP contribution in [0, 0.1) is 0 Å². The minimum absolute atomic E-state index is 0.240. The summed E-state index contributed by atoms with van der Waals surface area (Å²) in [5.74, 6) is 0.615. The van der Waals surface area contributed by atoms with E-state index in [2.05, 4.69) is 5.32 Å². The van der Waals surface area contributed by atoms with Crippen molar-refractivity contribution in [3.63, 3.8) is 0 Å². The van der Waals surface area contributed by atoms with Gasteiger partial charge in [-0.3, -0.25) is 4.79 Å². The van der Waals surface area contributed by atoms with Crippen molar-refractivity contribution in [2.24, 2.45) is 0 Å². The van der Waals surface area contributed by atoms with E-state index < -0.39 is 17.2 Å². The molecule has 0 bridgehead atoms. The van der Waals surface area contributed by atoms with E-state index in [1.54, 1.807) is 6.07 Å². The molecule has 0 unspecified atom stereocenters. The Balaban J connectivity index is 1.42. The van der Waals surface area contributed by atoms with Crippen LogP contribution >= 0.6 is 11.8 Å². The van der Waals surface area contributed by atoms with Gasteiger partial charge in [-0.1, -0.05) is 30.3 Å². The van der Waals surface area contributed by atoms with Gasteiger partial charge in [-0.2, -0.15) is 24.9 Å². The van der Waals surface area contributed by atoms with Gasteiger partial charge in [0.05, 0.1) is 11.0 Å². The highest BCUT2D eigenvalue weighted by atomic mass is 32.2. The van der Waals surface area contributed by atoms with Gasteiger partial charge in [-0.25, -0.2) is 0 Å². The zero-order valence-corrected chi connectivity index (χ0v) is 17.3. The van der Waals surface area contributed by atoms with Crippen molar-refractivity contribution in [2.45, 2.75) is 48.3 Å². The smallest absolute Gasteiger partial charge is 0.381 e. The zero-order chi connectivity index (χ0) is 21.2. The van der Waals surface area contributed by atoms with Crippen LogP contribution in [0.3, 0.4) is 0 Å². The molecule has 160 valence electrons. The number of nitrogens with one attached hydrogen (secondary N) is 1. The van der Waals surface area contributed by atoms with Gasteiger partial charge in [-0.15, -0.1) is 0 Å². The third kappa shape index (κ3) is 4.83. The molecular weight excluding hydrogens is 411 g/mol. The molecule has 1 saturated carbocycles. The highest BCUT2D eigenvalue weighted by molar-refractivity contribution is 7.99. The first-order valence-corrected chi connectivity index (χ1v) is 11.2. The second-order valence-electron chi connectivity index (χ2n) is 7.94. The summed E-state index contributed by atoms with van der Waals surface area (Å²) in [4.78, 5) is 13.0. The lowest BCUT2D eigenvalue weighted by molar-refractivity contribution is -0.137. The van der Waals surface area contributed by atoms with Gasteiger partial charge in [0.25, 0.3) is 0 Å². The Morgan fingerprint density at radius 2 is 1.83 bits per heavy atom. The Labute approximate surface area is 178 Å². The maximum atomic E-state index is 13.1. The number of benzene rings is 2. The standard InChI is InChI=1S/C23H24F3NO2S/c24-23(25,26)18-5-2-4-17(14-18)22(9-10-22)21(28)27-19-6-1-3-16(13-19)15-30-20-7-11-29-12-8-20/h1-6,13-14,20H,7-12,15H2,(H,27,28). The van der Waals surface area contributed by atoms with Crippen LogP contribution in [0.25, 0.3) is 0 Å². The lowest BCUT2D eigenvalue weighted by Gasteiger charge is -2.21. The Morgan fingerprint density at radius 3 is 2.53 bits per heavy atom. The normalized spacial score (nSPS) is 18.8. The summed E-state index contributed by atoms with van der Waals surface area (Å²) in [6, 6.07) is 12.8. The average molecular weight is 436 g/mol. The molecule has 30 heavy (non-hydrogen) atoms. The molecule has 1 heterocycles. The van der Waals surface area contributed by atoms with Crippen molar-refractivity contribution >= 4 is 23.4 Å². The van der Waals surface area contributed by atoms with Crippen LogP contribution < -0.4 is 5.32 Å². The molecule has 1 saturated heterocycles. The highest BCUT2D eigenvalue weighted by Gasteiger charge is 2.51. The summed E-state index contributed by atoms with van der Waals surface area (Å²) >= 11 is 1.90. The SMILES string of the molecule is O=C(Nc1cccc(CSC2CCOCC2)c1)C1(c2cccc(C(F)(F)F)c2)CC1. The average Bonchev–Trinajstić information content (AvgIpc) is 3.55. The molecule has 2 aliphatic rings. The van der Waals surface area contributed by atoms with Crippen LogP contribution in [0.1, 0.15) is 42.4 Å². The topological polar surface area (TPSA) is 38.3 Å². The predicted octanol–water partition coefficient (Wildman–Crippen LogP) is 5.79. The quantitative estimate of drug-likeness (QED) is 0.624. The molecule has 2 aromatic carbocycles. The summed E-state index contributed by atoms with van der Waals surface area (Å²) in [5, 5.41) is 3.52. The van der Waals surface area contributed by atoms with Gasteiger partial charge in [0.1, 0.15) is 0 Å². The number of ether oxygens (including phenoxy) is 1. The van der Waals surface area contributed by atoms with E-state index in [1.165, 1.54) is 6.07 Å². The Bertz CT molecular complexity index is 905. The zero-order valence-electron chi connectivity index (χ0n) is 16.5. The van der Waals surface area contributed by atoms with E-state index in [0.717, 1.165) is 49.5 Å². The Kier molecular flexibility index (Phi) is 6.11. The van der Waals surface area contributed by atoms with Crippen molar-refractivity contribution < 1.29 is 22.7 Å². The number of carbonyl (C=O) groups is 1. The summed E-state index contributed by atoms with van der Waals surface area (Å²) in [6.07, 6.45) is -1.20. The molecule has 1 aliphatic heterocycles. The molecule has 2 fully saturated rings. The summed E-state index contributed by atoms with van der Waals surface area (Å²) < 4.78 is 44.6. The van der Waals surface area contributed by atoms with E-state index in [1.807, 2.05) is 36.0 Å². The fourth-order valence-electron chi connectivity index (χ4n) is 3.81. The van der Waals surface area contributed by atoms with Crippen LogP contribution in [-0.2, 0) is 26.9 Å². The van der Waals surface area contributed by atoms with Crippen molar-refractivity contribution in [1.29, 1.82) is 0 Å². The molecule has 3 nitrogen and oxygen atoms in total. The fourth-order valence-corrected chi connectivity index (χ4v) is 4.94. The number of carbonyl (C=O) groups excluding carboxylic acids is 1. The Hall–Kier alpha value is -1.99. The first-order chi connectivity index (χ1) is 14.4. The van der Waals surface area contributed by atoms with E-state index in [4.69, 9.17) is 4.74 Å². The second kappa shape index (κ2) is 8.63. The Morgan fingerprint density at radius 1 is 1.10 bits per heavy atom. The highest BCUT2D eigenvalue weighted by Crippen LogP contribution is 2.50. The maximum Gasteiger partial charge on any atom is 0.416 e. The number of hydrogen-bond donors (Lipinski definition) is 1. The van der Waals surface area contributed by atoms with Crippen LogP contribution in [0.15, 0.2) is 48.5 Å². The first-order valence-electron chi connectivity index (χ1n) is 10.1. The monoisotopic (exact) mass is 435 g/mol. The van der Waals surface area contributed by atoms with E-state index in [0.29, 0.717) is 29.3 Å². The molecule has 1 N–H and O–H groups in total. The van der Waals surface area contributed by atoms with Crippen LogP contribution in [0.4, 0.5) is 18.9 Å². The third-order valence-electron chi connectivity index (χ3n) is 5.77. The summed E-state index contributed by atoms with van der Waals surface area (Å²) in [6.45, 7) is 1.62. The molecule has 0 atom stereocenters. The predicted molar refractivity (Wildman–Crippen MR) is 113 cm³/mol. The molecular formula is C23H24F3NO2S. The van der Waals surface area contributed by atoms with Crippen LogP contribution in [-0.4, -0.2) is 24.4 Å². The van der Waals surface area contributed by atoms with Gasteiger partial charge in [0.2, 0.25) is 5.91 Å². The van der Waals surface area contributed by atoms with E-state index in [-0.39, 0.29) is 5.91 Å². The third-order valence-corrected chi connectivity index (χ3v) is 7.21. The number of anilines is 1. The number of hydrogen-bond acceptors (Lipinski definition) is 3. The minimum atomic E-state index is -4.42. The van der Waals surface area contributed by atoms with Crippen LogP contribution in [0.5, 0.6) is 0 Å². The number of halogens is 3. The molecule has 1 aliphatic carbocycles. The van der Waals surface area contributed by atoms with Crippen molar-refractivity contribution in [2.75, 3.05) is 18.5 Å². The van der Waals surface area contributed by atoms with Gasteiger partial charge in [0.15, 0.2) is 0 Å². The number of thioether (sulfide) groups is 1. The van der Waals surface area contributed by atoms with E-state index in [9.17, 15) is 18.0 Å². The van der Waals surface area contributed by atoms with Crippen molar-refractivity contribution in [1.82, 2.24) is 0 Å².